The van der Waals surface area contributed by atoms with Crippen molar-refractivity contribution in [3.8, 4) is 5.75 Å². The van der Waals surface area contributed by atoms with E-state index in [9.17, 15) is 14.0 Å². The fraction of sp³-hybridized carbons (Fsp3) is 0.364. The van der Waals surface area contributed by atoms with Crippen LogP contribution in [0.5, 0.6) is 5.75 Å². The topological polar surface area (TPSA) is 61.9 Å². The Morgan fingerprint density at radius 3 is 2.34 bits per heavy atom. The molecule has 1 aliphatic rings. The number of benzene rings is 2. The lowest BCUT2D eigenvalue weighted by molar-refractivity contribution is -0.135. The van der Waals surface area contributed by atoms with Crippen LogP contribution in [0.25, 0.3) is 0 Å². The van der Waals surface area contributed by atoms with E-state index in [1.807, 2.05) is 36.9 Å². The molecule has 1 saturated heterocycles. The van der Waals surface area contributed by atoms with E-state index >= 15 is 0 Å². The van der Waals surface area contributed by atoms with Gasteiger partial charge in [-0.05, 0) is 61.4 Å². The molecule has 0 radical (unpaired) electrons. The molecule has 29 heavy (non-hydrogen) atoms. The normalized spacial score (nSPS) is 14.5. The fourth-order valence-corrected chi connectivity index (χ4v) is 3.13. The third-order valence-corrected chi connectivity index (χ3v) is 5.06. The van der Waals surface area contributed by atoms with Crippen molar-refractivity contribution in [3.05, 3.63) is 59.4 Å². The van der Waals surface area contributed by atoms with Crippen molar-refractivity contribution >= 4 is 17.5 Å². The molecule has 1 aliphatic heterocycles. The molecule has 0 spiro atoms. The van der Waals surface area contributed by atoms with Crippen LogP contribution < -0.4 is 10.1 Å². The van der Waals surface area contributed by atoms with E-state index in [0.29, 0.717) is 37.6 Å². The number of nitrogens with zero attached hydrogens (tertiary/aromatic N) is 2. The van der Waals surface area contributed by atoms with E-state index in [1.165, 1.54) is 29.8 Å². The SMILES string of the molecule is Cc1ccc(OCC(=O)N2CCN(CC(=O)Nc3ccc(F)cc3)CC2)cc1C. The molecule has 154 valence electrons. The van der Waals surface area contributed by atoms with E-state index in [2.05, 4.69) is 5.32 Å². The molecule has 0 saturated carbocycles. The molecular formula is C22H26FN3O3. The van der Waals surface area contributed by atoms with E-state index in [1.54, 1.807) is 4.90 Å². The van der Waals surface area contributed by atoms with Crippen molar-refractivity contribution < 1.29 is 18.7 Å². The Kier molecular flexibility index (Phi) is 6.82. The molecule has 2 aromatic carbocycles. The molecule has 0 aromatic heterocycles. The molecule has 0 atom stereocenters. The summed E-state index contributed by atoms with van der Waals surface area (Å²) in [7, 11) is 0. The van der Waals surface area contributed by atoms with E-state index in [-0.39, 0.29) is 30.8 Å². The van der Waals surface area contributed by atoms with Crippen LogP contribution in [0.2, 0.25) is 0 Å². The van der Waals surface area contributed by atoms with Gasteiger partial charge in [0.25, 0.3) is 5.91 Å². The molecule has 1 N–H and O–H groups in total. The summed E-state index contributed by atoms with van der Waals surface area (Å²) in [5.41, 5.74) is 2.87. The van der Waals surface area contributed by atoms with Gasteiger partial charge in [0.2, 0.25) is 5.91 Å². The Morgan fingerprint density at radius 2 is 1.69 bits per heavy atom. The first kappa shape index (κ1) is 20.8. The van der Waals surface area contributed by atoms with Crippen molar-refractivity contribution in [2.24, 2.45) is 0 Å². The lowest BCUT2D eigenvalue weighted by Gasteiger charge is -2.34. The zero-order valence-electron chi connectivity index (χ0n) is 16.8. The minimum absolute atomic E-state index is 0.00749. The largest absolute Gasteiger partial charge is 0.484 e. The van der Waals surface area contributed by atoms with Gasteiger partial charge in [-0.3, -0.25) is 14.5 Å². The highest BCUT2D eigenvalue weighted by Crippen LogP contribution is 2.16. The Morgan fingerprint density at radius 1 is 1.00 bits per heavy atom. The molecule has 1 heterocycles. The van der Waals surface area contributed by atoms with E-state index in [4.69, 9.17) is 4.74 Å². The fourth-order valence-electron chi connectivity index (χ4n) is 3.13. The zero-order valence-corrected chi connectivity index (χ0v) is 16.8. The van der Waals surface area contributed by atoms with Gasteiger partial charge in [-0.1, -0.05) is 6.07 Å². The molecule has 2 amide bonds. The van der Waals surface area contributed by atoms with Crippen molar-refractivity contribution in [1.82, 2.24) is 9.80 Å². The van der Waals surface area contributed by atoms with Gasteiger partial charge in [-0.15, -0.1) is 0 Å². The first-order valence-electron chi connectivity index (χ1n) is 9.66. The molecule has 6 nitrogen and oxygen atoms in total. The monoisotopic (exact) mass is 399 g/mol. The molecule has 0 bridgehead atoms. The number of halogens is 1. The maximum atomic E-state index is 12.9. The maximum Gasteiger partial charge on any atom is 0.260 e. The number of hydrogen-bond acceptors (Lipinski definition) is 4. The van der Waals surface area contributed by atoms with E-state index < -0.39 is 0 Å². The Labute approximate surface area is 170 Å². The van der Waals surface area contributed by atoms with Gasteiger partial charge in [-0.2, -0.15) is 0 Å². The number of anilines is 1. The van der Waals surface area contributed by atoms with Gasteiger partial charge >= 0.3 is 0 Å². The number of amides is 2. The standard InChI is InChI=1S/C22H26FN3O3/c1-16-3-8-20(13-17(16)2)29-15-22(28)26-11-9-25(10-12-26)14-21(27)24-19-6-4-18(23)5-7-19/h3-8,13H,9-12,14-15H2,1-2H3,(H,24,27). The van der Waals surface area contributed by atoms with Crippen LogP contribution in [0.1, 0.15) is 11.1 Å². The van der Waals surface area contributed by atoms with Gasteiger partial charge in [0.15, 0.2) is 6.61 Å². The van der Waals surface area contributed by atoms with Gasteiger partial charge in [0.1, 0.15) is 11.6 Å². The van der Waals surface area contributed by atoms with Crippen LogP contribution in [0.3, 0.4) is 0 Å². The van der Waals surface area contributed by atoms with Crippen molar-refractivity contribution in [2.75, 3.05) is 44.6 Å². The van der Waals surface area contributed by atoms with Gasteiger partial charge in [0.05, 0.1) is 6.54 Å². The summed E-state index contributed by atoms with van der Waals surface area (Å²) in [5, 5.41) is 2.75. The summed E-state index contributed by atoms with van der Waals surface area (Å²) in [4.78, 5) is 28.3. The smallest absolute Gasteiger partial charge is 0.260 e. The minimum atomic E-state index is -0.342. The van der Waals surface area contributed by atoms with Crippen molar-refractivity contribution in [2.45, 2.75) is 13.8 Å². The first-order valence-corrected chi connectivity index (χ1v) is 9.66. The third kappa shape index (κ3) is 6.02. The van der Waals surface area contributed by atoms with Crippen LogP contribution in [0, 0.1) is 19.7 Å². The number of nitrogens with one attached hydrogen (secondary N) is 1. The summed E-state index contributed by atoms with van der Waals surface area (Å²) in [6.07, 6.45) is 0. The highest BCUT2D eigenvalue weighted by Gasteiger charge is 2.22. The predicted octanol–water partition coefficient (Wildman–Crippen LogP) is 2.60. The number of carbonyl (C=O) groups excluding carboxylic acids is 2. The molecular weight excluding hydrogens is 373 g/mol. The molecule has 0 unspecified atom stereocenters. The predicted molar refractivity (Wildman–Crippen MR) is 109 cm³/mol. The Bertz CT molecular complexity index is 862. The number of piperazine rings is 1. The molecule has 1 fully saturated rings. The van der Waals surface area contributed by atoms with Crippen LogP contribution in [-0.2, 0) is 9.59 Å². The molecule has 3 rings (SSSR count). The minimum Gasteiger partial charge on any atom is -0.484 e. The Hall–Kier alpha value is -2.93. The summed E-state index contributed by atoms with van der Waals surface area (Å²) in [5.74, 6) is 0.135. The summed E-state index contributed by atoms with van der Waals surface area (Å²) < 4.78 is 18.5. The van der Waals surface area contributed by atoms with Crippen LogP contribution in [0.4, 0.5) is 10.1 Å². The number of aryl methyl sites for hydroxylation is 2. The number of carbonyl (C=O) groups is 2. The summed E-state index contributed by atoms with van der Waals surface area (Å²) in [6.45, 7) is 6.63. The summed E-state index contributed by atoms with van der Waals surface area (Å²) in [6, 6.07) is 11.4. The lowest BCUT2D eigenvalue weighted by Crippen LogP contribution is -2.51. The number of hydrogen-bond donors (Lipinski definition) is 1. The maximum absolute atomic E-state index is 12.9. The van der Waals surface area contributed by atoms with Crippen molar-refractivity contribution in [1.29, 1.82) is 0 Å². The van der Waals surface area contributed by atoms with Crippen LogP contribution in [0.15, 0.2) is 42.5 Å². The van der Waals surface area contributed by atoms with Gasteiger partial charge < -0.3 is 15.0 Å². The molecule has 7 heteroatoms. The first-order chi connectivity index (χ1) is 13.9. The van der Waals surface area contributed by atoms with Gasteiger partial charge in [-0.25, -0.2) is 4.39 Å². The second kappa shape index (κ2) is 9.52. The van der Waals surface area contributed by atoms with Gasteiger partial charge in [0, 0.05) is 31.9 Å². The second-order valence-corrected chi connectivity index (χ2v) is 7.25. The van der Waals surface area contributed by atoms with Crippen molar-refractivity contribution in [3.63, 3.8) is 0 Å². The highest BCUT2D eigenvalue weighted by atomic mass is 19.1. The number of ether oxygens (including phenoxy) is 1. The average Bonchev–Trinajstić information content (AvgIpc) is 2.71. The van der Waals surface area contributed by atoms with E-state index in [0.717, 1.165) is 5.56 Å². The Balaban J connectivity index is 1.40. The molecule has 0 aliphatic carbocycles. The highest BCUT2D eigenvalue weighted by molar-refractivity contribution is 5.92. The second-order valence-electron chi connectivity index (χ2n) is 7.25. The van der Waals surface area contributed by atoms with Crippen LogP contribution in [-0.4, -0.2) is 60.9 Å². The average molecular weight is 399 g/mol. The lowest BCUT2D eigenvalue weighted by atomic mass is 10.1. The quantitative estimate of drug-likeness (QED) is 0.811. The summed E-state index contributed by atoms with van der Waals surface area (Å²) >= 11 is 0. The van der Waals surface area contributed by atoms with Crippen LogP contribution >= 0.6 is 0 Å². The zero-order chi connectivity index (χ0) is 20.8. The molecule has 2 aromatic rings. The third-order valence-electron chi connectivity index (χ3n) is 5.06. The number of rotatable bonds is 6.